The van der Waals surface area contributed by atoms with Gasteiger partial charge in [0, 0.05) is 5.38 Å². The monoisotopic (exact) mass is 208 g/mol. The topological polar surface area (TPSA) is 0 Å². The Kier molecular flexibility index (Phi) is 3.12. The lowest BCUT2D eigenvalue weighted by atomic mass is 9.81. The Morgan fingerprint density at radius 2 is 1.93 bits per heavy atom. The average molecular weight is 209 g/mol. The Bertz CT molecular complexity index is 285. The molecule has 1 fully saturated rings. The van der Waals surface area contributed by atoms with Gasteiger partial charge in [0.05, 0.1) is 0 Å². The molecule has 0 nitrogen and oxygen atoms in total. The van der Waals surface area contributed by atoms with E-state index in [9.17, 15) is 0 Å². The van der Waals surface area contributed by atoms with Gasteiger partial charge in [-0.25, -0.2) is 0 Å². The van der Waals surface area contributed by atoms with Gasteiger partial charge in [-0.1, -0.05) is 36.2 Å². The minimum Gasteiger partial charge on any atom is -0.122 e. The maximum atomic E-state index is 6.36. The third-order valence-electron chi connectivity index (χ3n) is 3.21. The largest absolute Gasteiger partial charge is 0.122 e. The number of alkyl halides is 1. The van der Waals surface area contributed by atoms with Crippen molar-refractivity contribution < 1.29 is 0 Å². The zero-order valence-electron chi connectivity index (χ0n) is 8.67. The van der Waals surface area contributed by atoms with Crippen LogP contribution >= 0.6 is 11.6 Å². The van der Waals surface area contributed by atoms with Crippen LogP contribution in [0, 0.1) is 12.8 Å². The molecule has 1 aliphatic rings. The van der Waals surface area contributed by atoms with Crippen molar-refractivity contribution >= 4 is 11.6 Å². The summed E-state index contributed by atoms with van der Waals surface area (Å²) in [6, 6.07) is 8.73. The van der Waals surface area contributed by atoms with Crippen molar-refractivity contribution in [3.63, 3.8) is 0 Å². The van der Waals surface area contributed by atoms with E-state index in [0.29, 0.717) is 5.38 Å². The van der Waals surface area contributed by atoms with Crippen LogP contribution in [0.3, 0.4) is 0 Å². The third-order valence-corrected chi connectivity index (χ3v) is 3.72. The maximum absolute atomic E-state index is 6.36. The quantitative estimate of drug-likeness (QED) is 0.660. The van der Waals surface area contributed by atoms with Gasteiger partial charge in [-0.05, 0) is 37.7 Å². The van der Waals surface area contributed by atoms with Crippen molar-refractivity contribution in [1.82, 2.24) is 0 Å². The van der Waals surface area contributed by atoms with Gasteiger partial charge in [-0.3, -0.25) is 0 Å². The van der Waals surface area contributed by atoms with E-state index in [2.05, 4.69) is 31.2 Å². The third kappa shape index (κ3) is 2.30. The van der Waals surface area contributed by atoms with Crippen LogP contribution in [-0.2, 0) is 6.42 Å². The van der Waals surface area contributed by atoms with Crippen LogP contribution in [0.15, 0.2) is 24.3 Å². The van der Waals surface area contributed by atoms with Gasteiger partial charge in [0.2, 0.25) is 0 Å². The Morgan fingerprint density at radius 3 is 2.43 bits per heavy atom. The molecular weight excluding hydrogens is 192 g/mol. The first-order valence-corrected chi connectivity index (χ1v) is 5.89. The maximum Gasteiger partial charge on any atom is 0.0404 e. The fourth-order valence-corrected chi connectivity index (χ4v) is 2.35. The first-order valence-electron chi connectivity index (χ1n) is 5.45. The second kappa shape index (κ2) is 4.35. The SMILES string of the molecule is Cc1ccc(CC(Cl)C2CCC2)cc1. The molecule has 0 saturated heterocycles. The van der Waals surface area contributed by atoms with E-state index in [1.54, 1.807) is 0 Å². The lowest BCUT2D eigenvalue weighted by Crippen LogP contribution is -2.24. The van der Waals surface area contributed by atoms with Crippen molar-refractivity contribution in [2.45, 2.75) is 38.0 Å². The van der Waals surface area contributed by atoms with Crippen LogP contribution in [0.4, 0.5) is 0 Å². The zero-order chi connectivity index (χ0) is 9.97. The summed E-state index contributed by atoms with van der Waals surface area (Å²) in [5.41, 5.74) is 2.70. The molecule has 1 aromatic carbocycles. The van der Waals surface area contributed by atoms with Gasteiger partial charge in [0.25, 0.3) is 0 Å². The Hall–Kier alpha value is -0.490. The second-order valence-electron chi connectivity index (χ2n) is 4.40. The highest BCUT2D eigenvalue weighted by Crippen LogP contribution is 2.33. The standard InChI is InChI=1S/C13H17Cl/c1-10-5-7-11(8-6-10)9-13(14)12-3-2-4-12/h5-8,12-13H,2-4,9H2,1H3. The van der Waals surface area contributed by atoms with Gasteiger partial charge in [0.15, 0.2) is 0 Å². The molecule has 0 spiro atoms. The Morgan fingerprint density at radius 1 is 1.29 bits per heavy atom. The molecule has 1 unspecified atom stereocenters. The average Bonchev–Trinajstić information content (AvgIpc) is 2.06. The molecule has 1 saturated carbocycles. The van der Waals surface area contributed by atoms with Crippen LogP contribution in [-0.4, -0.2) is 5.38 Å². The predicted molar refractivity (Wildman–Crippen MR) is 61.9 cm³/mol. The summed E-state index contributed by atoms with van der Waals surface area (Å²) in [6.07, 6.45) is 5.08. The molecule has 0 heterocycles. The van der Waals surface area contributed by atoms with Crippen molar-refractivity contribution in [3.8, 4) is 0 Å². The predicted octanol–water partition coefficient (Wildman–Crippen LogP) is 3.95. The van der Waals surface area contributed by atoms with Gasteiger partial charge in [-0.15, -0.1) is 11.6 Å². The summed E-state index contributed by atoms with van der Waals surface area (Å²) < 4.78 is 0. The number of benzene rings is 1. The van der Waals surface area contributed by atoms with Crippen molar-refractivity contribution in [2.24, 2.45) is 5.92 Å². The number of aryl methyl sites for hydroxylation is 1. The molecule has 0 aliphatic heterocycles. The second-order valence-corrected chi connectivity index (χ2v) is 4.96. The Balaban J connectivity index is 1.92. The summed E-state index contributed by atoms with van der Waals surface area (Å²) in [7, 11) is 0. The van der Waals surface area contributed by atoms with Crippen molar-refractivity contribution in [2.75, 3.05) is 0 Å². The number of hydrogen-bond donors (Lipinski definition) is 0. The number of hydrogen-bond acceptors (Lipinski definition) is 0. The lowest BCUT2D eigenvalue weighted by Gasteiger charge is -2.29. The van der Waals surface area contributed by atoms with Gasteiger partial charge in [-0.2, -0.15) is 0 Å². The fraction of sp³-hybridized carbons (Fsp3) is 0.538. The summed E-state index contributed by atoms with van der Waals surface area (Å²) >= 11 is 6.36. The molecule has 14 heavy (non-hydrogen) atoms. The van der Waals surface area contributed by atoms with Crippen LogP contribution < -0.4 is 0 Å². The first-order chi connectivity index (χ1) is 6.75. The van der Waals surface area contributed by atoms with E-state index in [4.69, 9.17) is 11.6 Å². The van der Waals surface area contributed by atoms with E-state index in [0.717, 1.165) is 12.3 Å². The van der Waals surface area contributed by atoms with Crippen LogP contribution in [0.2, 0.25) is 0 Å². The first kappa shape index (κ1) is 10.0. The molecule has 2 rings (SSSR count). The Labute approximate surface area is 91.3 Å². The van der Waals surface area contributed by atoms with Crippen LogP contribution in [0.1, 0.15) is 30.4 Å². The van der Waals surface area contributed by atoms with E-state index >= 15 is 0 Å². The van der Waals surface area contributed by atoms with Gasteiger partial charge in [0.1, 0.15) is 0 Å². The molecule has 0 aromatic heterocycles. The summed E-state index contributed by atoms with van der Waals surface area (Å²) in [5.74, 6) is 0.776. The highest BCUT2D eigenvalue weighted by Gasteiger charge is 2.25. The van der Waals surface area contributed by atoms with Crippen LogP contribution in [0.25, 0.3) is 0 Å². The smallest absolute Gasteiger partial charge is 0.0404 e. The molecule has 76 valence electrons. The molecule has 1 atom stereocenters. The molecule has 0 N–H and O–H groups in total. The molecule has 1 aliphatic carbocycles. The molecule has 0 radical (unpaired) electrons. The molecule has 1 aromatic rings. The molecule has 1 heteroatoms. The molecule has 0 bridgehead atoms. The minimum atomic E-state index is 0.353. The van der Waals surface area contributed by atoms with E-state index in [-0.39, 0.29) is 0 Å². The summed E-state index contributed by atoms with van der Waals surface area (Å²) in [6.45, 7) is 2.12. The number of halogens is 1. The zero-order valence-corrected chi connectivity index (χ0v) is 9.43. The fourth-order valence-electron chi connectivity index (χ4n) is 1.92. The van der Waals surface area contributed by atoms with E-state index < -0.39 is 0 Å². The van der Waals surface area contributed by atoms with Crippen molar-refractivity contribution in [3.05, 3.63) is 35.4 Å². The lowest BCUT2D eigenvalue weighted by molar-refractivity contribution is 0.302. The van der Waals surface area contributed by atoms with Gasteiger partial charge < -0.3 is 0 Å². The number of rotatable bonds is 3. The highest BCUT2D eigenvalue weighted by atomic mass is 35.5. The molecular formula is C13H17Cl. The van der Waals surface area contributed by atoms with Gasteiger partial charge >= 0.3 is 0 Å². The van der Waals surface area contributed by atoms with Crippen LogP contribution in [0.5, 0.6) is 0 Å². The van der Waals surface area contributed by atoms with Crippen molar-refractivity contribution in [1.29, 1.82) is 0 Å². The summed E-state index contributed by atoms with van der Waals surface area (Å²) in [4.78, 5) is 0. The van der Waals surface area contributed by atoms with E-state index in [1.165, 1.54) is 30.4 Å². The normalized spacial score (nSPS) is 19.0. The highest BCUT2D eigenvalue weighted by molar-refractivity contribution is 6.21. The minimum absolute atomic E-state index is 0.353. The molecule has 0 amide bonds. The van der Waals surface area contributed by atoms with E-state index in [1.807, 2.05) is 0 Å². The summed E-state index contributed by atoms with van der Waals surface area (Å²) in [5, 5.41) is 0.353.